The molecule has 1 heterocycles. The summed E-state index contributed by atoms with van der Waals surface area (Å²) in [4.78, 5) is 3.60. The molecule has 2 heteroatoms. The molecule has 0 aliphatic rings. The molecule has 0 aliphatic carbocycles. The first kappa shape index (κ1) is 15.6. The highest BCUT2D eigenvalue weighted by Crippen LogP contribution is 2.34. The van der Waals surface area contributed by atoms with Crippen molar-refractivity contribution in [2.24, 2.45) is 0 Å². The van der Waals surface area contributed by atoms with E-state index >= 15 is 0 Å². The lowest BCUT2D eigenvalue weighted by Crippen LogP contribution is -1.82. The van der Waals surface area contributed by atoms with Crippen LogP contribution in [-0.4, -0.2) is 4.98 Å². The van der Waals surface area contributed by atoms with Gasteiger partial charge in [0.2, 0.25) is 0 Å². The van der Waals surface area contributed by atoms with Crippen LogP contribution in [0.5, 0.6) is 0 Å². The molecule has 5 aromatic rings. The van der Waals surface area contributed by atoms with Crippen LogP contribution in [0.4, 0.5) is 0 Å². The monoisotopic (exact) mass is 445 g/mol. The maximum atomic E-state index is 3.60. The van der Waals surface area contributed by atoms with Crippen LogP contribution in [-0.2, 0) is 0 Å². The second-order valence-corrected chi connectivity index (χ2v) is 7.73. The zero-order valence-corrected chi connectivity index (χ0v) is 16.2. The predicted molar refractivity (Wildman–Crippen MR) is 119 cm³/mol. The molecule has 5 rings (SSSR count). The van der Waals surface area contributed by atoms with Gasteiger partial charge in [-0.15, -0.1) is 0 Å². The summed E-state index contributed by atoms with van der Waals surface area (Å²) in [6.07, 6.45) is 0. The minimum Gasteiger partial charge on any atom is -0.354 e. The molecule has 0 spiro atoms. The highest BCUT2D eigenvalue weighted by molar-refractivity contribution is 14.1. The molecule has 1 nitrogen and oxygen atoms in total. The lowest BCUT2D eigenvalue weighted by Gasteiger charge is -2.07. The molecule has 0 saturated heterocycles. The predicted octanol–water partition coefficient (Wildman–Crippen LogP) is 7.26. The van der Waals surface area contributed by atoms with Crippen LogP contribution in [0.1, 0.15) is 0 Å². The standard InChI is InChI=1S/C24H16IN/c25-19-14-12-17(13-15-19)16-8-10-18(11-9-16)20-5-3-6-22-21-4-1-2-7-23(21)26-24(20)22/h1-15,26H. The van der Waals surface area contributed by atoms with E-state index in [-0.39, 0.29) is 0 Å². The molecular formula is C24H16IN. The number of fused-ring (bicyclic) bond motifs is 3. The summed E-state index contributed by atoms with van der Waals surface area (Å²) in [5, 5.41) is 2.56. The number of nitrogens with one attached hydrogen (secondary N) is 1. The van der Waals surface area contributed by atoms with E-state index in [1.165, 1.54) is 47.6 Å². The number of hydrogen-bond donors (Lipinski definition) is 1. The Bertz CT molecular complexity index is 1220. The largest absolute Gasteiger partial charge is 0.354 e. The second kappa shape index (κ2) is 6.29. The van der Waals surface area contributed by atoms with E-state index in [9.17, 15) is 0 Å². The van der Waals surface area contributed by atoms with Crippen molar-refractivity contribution in [2.45, 2.75) is 0 Å². The van der Waals surface area contributed by atoms with E-state index in [4.69, 9.17) is 0 Å². The highest BCUT2D eigenvalue weighted by Gasteiger charge is 2.09. The fraction of sp³-hybridized carbons (Fsp3) is 0. The number of rotatable bonds is 2. The zero-order chi connectivity index (χ0) is 17.5. The first-order valence-electron chi connectivity index (χ1n) is 8.65. The molecule has 1 N–H and O–H groups in total. The van der Waals surface area contributed by atoms with E-state index in [0.29, 0.717) is 0 Å². The van der Waals surface area contributed by atoms with Crippen LogP contribution in [0.25, 0.3) is 44.1 Å². The van der Waals surface area contributed by atoms with Gasteiger partial charge in [-0.25, -0.2) is 0 Å². The summed E-state index contributed by atoms with van der Waals surface area (Å²) in [6, 6.07) is 32.5. The van der Waals surface area contributed by atoms with Gasteiger partial charge in [0.1, 0.15) is 0 Å². The molecule has 0 saturated carbocycles. The molecular weight excluding hydrogens is 429 g/mol. The van der Waals surface area contributed by atoms with Gasteiger partial charge in [-0.2, -0.15) is 0 Å². The first-order valence-corrected chi connectivity index (χ1v) is 9.73. The van der Waals surface area contributed by atoms with E-state index in [0.717, 1.165) is 0 Å². The van der Waals surface area contributed by atoms with Gasteiger partial charge in [0, 0.05) is 25.4 Å². The molecule has 26 heavy (non-hydrogen) atoms. The molecule has 0 amide bonds. The number of aromatic nitrogens is 1. The van der Waals surface area contributed by atoms with Crippen molar-refractivity contribution in [1.82, 2.24) is 4.98 Å². The average molecular weight is 445 g/mol. The summed E-state index contributed by atoms with van der Waals surface area (Å²) in [5.74, 6) is 0. The summed E-state index contributed by atoms with van der Waals surface area (Å²) in [7, 11) is 0. The molecule has 1 aromatic heterocycles. The maximum absolute atomic E-state index is 3.60. The Labute approximate surface area is 165 Å². The van der Waals surface area contributed by atoms with Gasteiger partial charge in [-0.3, -0.25) is 0 Å². The zero-order valence-electron chi connectivity index (χ0n) is 14.0. The van der Waals surface area contributed by atoms with E-state index in [1.54, 1.807) is 0 Å². The van der Waals surface area contributed by atoms with Crippen LogP contribution in [0.15, 0.2) is 91.0 Å². The van der Waals surface area contributed by atoms with Crippen LogP contribution >= 0.6 is 22.6 Å². The lowest BCUT2D eigenvalue weighted by molar-refractivity contribution is 1.53. The Morgan fingerprint density at radius 1 is 0.538 bits per heavy atom. The summed E-state index contributed by atoms with van der Waals surface area (Å²) in [6.45, 7) is 0. The van der Waals surface area contributed by atoms with Crippen molar-refractivity contribution < 1.29 is 0 Å². The lowest BCUT2D eigenvalue weighted by atomic mass is 9.99. The minimum absolute atomic E-state index is 1.19. The molecule has 0 bridgehead atoms. The normalized spacial score (nSPS) is 11.3. The van der Waals surface area contributed by atoms with Gasteiger partial charge in [-0.05, 0) is 57.5 Å². The van der Waals surface area contributed by atoms with Gasteiger partial charge in [0.25, 0.3) is 0 Å². The molecule has 0 atom stereocenters. The second-order valence-electron chi connectivity index (χ2n) is 6.48. The van der Waals surface area contributed by atoms with Gasteiger partial charge in [-0.1, -0.05) is 72.8 Å². The van der Waals surface area contributed by atoms with Crippen molar-refractivity contribution in [2.75, 3.05) is 0 Å². The SMILES string of the molecule is Ic1ccc(-c2ccc(-c3cccc4c3[nH]c3ccccc34)cc2)cc1. The Hall–Kier alpha value is -2.59. The fourth-order valence-electron chi connectivity index (χ4n) is 3.60. The number of para-hydroxylation sites is 2. The third kappa shape index (κ3) is 2.61. The Kier molecular flexibility index (Phi) is 3.79. The van der Waals surface area contributed by atoms with Crippen molar-refractivity contribution in [1.29, 1.82) is 0 Å². The quantitative estimate of drug-likeness (QED) is 0.275. The third-order valence-corrected chi connectivity index (χ3v) is 5.63. The average Bonchev–Trinajstić information content (AvgIpc) is 3.08. The van der Waals surface area contributed by atoms with Gasteiger partial charge < -0.3 is 4.98 Å². The first-order chi connectivity index (χ1) is 12.8. The maximum Gasteiger partial charge on any atom is 0.0544 e. The Morgan fingerprint density at radius 3 is 1.92 bits per heavy atom. The highest BCUT2D eigenvalue weighted by atomic mass is 127. The van der Waals surface area contributed by atoms with Crippen molar-refractivity contribution in [3.63, 3.8) is 0 Å². The van der Waals surface area contributed by atoms with E-state index in [2.05, 4.69) is 119 Å². The van der Waals surface area contributed by atoms with Crippen LogP contribution in [0, 0.1) is 3.57 Å². The minimum atomic E-state index is 1.19. The van der Waals surface area contributed by atoms with Crippen molar-refractivity contribution in [3.05, 3.63) is 94.6 Å². The smallest absolute Gasteiger partial charge is 0.0544 e. The van der Waals surface area contributed by atoms with Crippen molar-refractivity contribution >= 4 is 44.4 Å². The number of aromatic amines is 1. The number of hydrogen-bond acceptors (Lipinski definition) is 0. The summed E-state index contributed by atoms with van der Waals surface area (Å²) in [5.41, 5.74) is 7.36. The van der Waals surface area contributed by atoms with E-state index in [1.807, 2.05) is 0 Å². The Morgan fingerprint density at radius 2 is 1.15 bits per heavy atom. The molecule has 0 aliphatic heterocycles. The molecule has 0 radical (unpaired) electrons. The van der Waals surface area contributed by atoms with Gasteiger partial charge in [0.05, 0.1) is 5.52 Å². The Balaban J connectivity index is 1.62. The summed E-state index contributed by atoms with van der Waals surface area (Å²) < 4.78 is 1.26. The van der Waals surface area contributed by atoms with Crippen LogP contribution in [0.2, 0.25) is 0 Å². The van der Waals surface area contributed by atoms with Crippen LogP contribution < -0.4 is 0 Å². The number of H-pyrrole nitrogens is 1. The third-order valence-electron chi connectivity index (χ3n) is 4.91. The van der Waals surface area contributed by atoms with Gasteiger partial charge >= 0.3 is 0 Å². The topological polar surface area (TPSA) is 15.8 Å². The summed E-state index contributed by atoms with van der Waals surface area (Å²) >= 11 is 2.34. The number of benzene rings is 4. The molecule has 4 aromatic carbocycles. The van der Waals surface area contributed by atoms with Crippen molar-refractivity contribution in [3.8, 4) is 22.3 Å². The van der Waals surface area contributed by atoms with Crippen LogP contribution in [0.3, 0.4) is 0 Å². The number of halogens is 1. The van der Waals surface area contributed by atoms with Gasteiger partial charge in [0.15, 0.2) is 0 Å². The molecule has 0 fully saturated rings. The fourth-order valence-corrected chi connectivity index (χ4v) is 3.96. The molecule has 0 unspecified atom stereocenters. The molecule has 124 valence electrons. The van der Waals surface area contributed by atoms with E-state index < -0.39 is 0 Å².